The third-order valence-corrected chi connectivity index (χ3v) is 5.00. The maximum absolute atomic E-state index is 12.0. The van der Waals surface area contributed by atoms with Crippen LogP contribution in [0.15, 0.2) is 9.63 Å². The molecule has 114 valence electrons. The summed E-state index contributed by atoms with van der Waals surface area (Å²) in [6.45, 7) is 3.86. The Morgan fingerprint density at radius 3 is 2.65 bits per heavy atom. The molecule has 2 N–H and O–H groups in total. The van der Waals surface area contributed by atoms with Crippen molar-refractivity contribution in [3.63, 3.8) is 0 Å². The summed E-state index contributed by atoms with van der Waals surface area (Å²) in [6, 6.07) is 0.0783. The third-order valence-electron chi connectivity index (χ3n) is 2.66. The summed E-state index contributed by atoms with van der Waals surface area (Å²) in [6.07, 6.45) is 0.900. The lowest BCUT2D eigenvalue weighted by Gasteiger charge is -2.11. The van der Waals surface area contributed by atoms with E-state index < -0.39 is 10.0 Å². The maximum atomic E-state index is 12.0. The Morgan fingerprint density at radius 2 is 2.15 bits per heavy atom. The quantitative estimate of drug-likeness (QED) is 0.713. The number of hydrogen-bond donors (Lipinski definition) is 2. The summed E-state index contributed by atoms with van der Waals surface area (Å²) >= 11 is 3.02. The van der Waals surface area contributed by atoms with E-state index in [2.05, 4.69) is 36.3 Å². The van der Waals surface area contributed by atoms with Gasteiger partial charge in [-0.25, -0.2) is 17.8 Å². The van der Waals surface area contributed by atoms with Crippen LogP contribution in [0.25, 0.3) is 0 Å². The Kier molecular flexibility index (Phi) is 6.08. The van der Waals surface area contributed by atoms with Gasteiger partial charge >= 0.3 is 0 Å². The van der Waals surface area contributed by atoms with Gasteiger partial charge in [0.15, 0.2) is 4.60 Å². The van der Waals surface area contributed by atoms with Crippen molar-refractivity contribution in [2.75, 3.05) is 6.54 Å². The highest BCUT2D eigenvalue weighted by Crippen LogP contribution is 2.17. The lowest BCUT2D eigenvalue weighted by atomic mass is 10.2. The molecule has 8 nitrogen and oxygen atoms in total. The van der Waals surface area contributed by atoms with Gasteiger partial charge in [0.05, 0.1) is 0 Å². The molecule has 0 aliphatic carbocycles. The summed E-state index contributed by atoms with van der Waals surface area (Å²) in [4.78, 5) is 11.5. The molecule has 0 radical (unpaired) electrons. The van der Waals surface area contributed by atoms with Crippen molar-refractivity contribution in [2.45, 2.75) is 37.8 Å². The average Bonchev–Trinajstić information content (AvgIpc) is 2.69. The topological polar surface area (TPSA) is 106 Å². The molecule has 0 bridgehead atoms. The van der Waals surface area contributed by atoms with Crippen molar-refractivity contribution in [3.8, 4) is 0 Å². The van der Waals surface area contributed by atoms with Gasteiger partial charge in [0.1, 0.15) is 0 Å². The fourth-order valence-electron chi connectivity index (χ4n) is 1.42. The van der Waals surface area contributed by atoms with Gasteiger partial charge in [-0.2, -0.15) is 0 Å². The number of rotatable bonds is 7. The van der Waals surface area contributed by atoms with Crippen molar-refractivity contribution in [1.82, 2.24) is 25.0 Å². The van der Waals surface area contributed by atoms with Gasteiger partial charge in [0.25, 0.3) is 10.0 Å². The van der Waals surface area contributed by atoms with Crippen LogP contribution in [0, 0.1) is 0 Å². The van der Waals surface area contributed by atoms with E-state index in [0.717, 1.165) is 11.1 Å². The van der Waals surface area contributed by atoms with Crippen molar-refractivity contribution < 1.29 is 13.2 Å². The summed E-state index contributed by atoms with van der Waals surface area (Å²) in [5.41, 5.74) is 0. The van der Waals surface area contributed by atoms with Crippen molar-refractivity contribution in [2.24, 2.45) is 7.05 Å². The Morgan fingerprint density at radius 1 is 1.50 bits per heavy atom. The van der Waals surface area contributed by atoms with Crippen LogP contribution in [-0.2, 0) is 21.9 Å². The normalized spacial score (nSPS) is 13.2. The van der Waals surface area contributed by atoms with Gasteiger partial charge in [0.2, 0.25) is 10.9 Å². The molecule has 0 aromatic carbocycles. The van der Waals surface area contributed by atoms with Crippen LogP contribution in [-0.4, -0.2) is 41.9 Å². The molecule has 0 aliphatic heterocycles. The highest BCUT2D eigenvalue weighted by molar-refractivity contribution is 9.10. The van der Waals surface area contributed by atoms with Gasteiger partial charge < -0.3 is 5.32 Å². The van der Waals surface area contributed by atoms with Crippen LogP contribution in [0.3, 0.4) is 0 Å². The Labute approximate surface area is 126 Å². The van der Waals surface area contributed by atoms with E-state index in [0.29, 0.717) is 0 Å². The number of halogens is 1. The number of carbonyl (C=O) groups excluding carboxylic acids is 1. The van der Waals surface area contributed by atoms with Crippen molar-refractivity contribution >= 4 is 31.9 Å². The Bertz CT molecular complexity index is 552. The number of aromatic nitrogens is 3. The first-order valence-electron chi connectivity index (χ1n) is 6.12. The van der Waals surface area contributed by atoms with Crippen LogP contribution in [0.5, 0.6) is 0 Å². The summed E-state index contributed by atoms with van der Waals surface area (Å²) in [7, 11) is -2.27. The second kappa shape index (κ2) is 7.14. The molecule has 1 aromatic rings. The molecule has 1 rings (SSSR count). The lowest BCUT2D eigenvalue weighted by molar-refractivity contribution is -0.121. The fraction of sp³-hybridized carbons (Fsp3) is 0.700. The van der Waals surface area contributed by atoms with Crippen LogP contribution in [0.2, 0.25) is 0 Å². The molecule has 0 saturated heterocycles. The first-order chi connectivity index (χ1) is 9.27. The van der Waals surface area contributed by atoms with Gasteiger partial charge in [-0.15, -0.1) is 5.10 Å². The summed E-state index contributed by atoms with van der Waals surface area (Å²) < 4.78 is 27.7. The number of nitrogens with zero attached hydrogens (tertiary/aromatic N) is 3. The van der Waals surface area contributed by atoms with Crippen LogP contribution in [0.4, 0.5) is 0 Å². The minimum Gasteiger partial charge on any atom is -0.354 e. The highest BCUT2D eigenvalue weighted by atomic mass is 79.9. The van der Waals surface area contributed by atoms with E-state index in [1.165, 1.54) is 7.05 Å². The van der Waals surface area contributed by atoms with Crippen LogP contribution < -0.4 is 10.0 Å². The molecule has 1 aromatic heterocycles. The second-order valence-electron chi connectivity index (χ2n) is 4.33. The average molecular weight is 368 g/mol. The number of aryl methyl sites for hydroxylation is 1. The molecular weight excluding hydrogens is 350 g/mol. The van der Waals surface area contributed by atoms with Crippen molar-refractivity contribution in [3.05, 3.63) is 4.60 Å². The van der Waals surface area contributed by atoms with Crippen molar-refractivity contribution in [1.29, 1.82) is 0 Å². The predicted molar refractivity (Wildman–Crippen MR) is 76.4 cm³/mol. The minimum absolute atomic E-state index is 0.0161. The van der Waals surface area contributed by atoms with Gasteiger partial charge in [-0.1, -0.05) is 12.1 Å². The molecule has 1 atom stereocenters. The standard InChI is InChI=1S/C10H18BrN5O3S/c1-4-7(2)13-8(17)5-6-12-20(18,19)10-9(11)14-15-16(10)3/h7,12H,4-6H2,1-3H3,(H,13,17). The van der Waals surface area contributed by atoms with E-state index >= 15 is 0 Å². The molecule has 0 fully saturated rings. The predicted octanol–water partition coefficient (Wildman–Crippen LogP) is 0.161. The summed E-state index contributed by atoms with van der Waals surface area (Å²) in [5.74, 6) is -0.191. The number of amides is 1. The van der Waals surface area contributed by atoms with Gasteiger partial charge in [-0.3, -0.25) is 4.79 Å². The first kappa shape index (κ1) is 17.1. The molecule has 1 heterocycles. The number of nitrogens with one attached hydrogen (secondary N) is 2. The van der Waals surface area contributed by atoms with Gasteiger partial charge in [-0.05, 0) is 29.3 Å². The van der Waals surface area contributed by atoms with E-state index in [4.69, 9.17) is 0 Å². The van der Waals surface area contributed by atoms with Gasteiger partial charge in [0, 0.05) is 26.1 Å². The molecule has 20 heavy (non-hydrogen) atoms. The Hall–Kier alpha value is -1.00. The molecular formula is C10H18BrN5O3S. The molecule has 0 spiro atoms. The number of carbonyl (C=O) groups is 1. The first-order valence-corrected chi connectivity index (χ1v) is 8.39. The van der Waals surface area contributed by atoms with E-state index in [1.807, 2.05) is 13.8 Å². The summed E-state index contributed by atoms with van der Waals surface area (Å²) in [5, 5.41) is 9.90. The monoisotopic (exact) mass is 367 g/mol. The third kappa shape index (κ3) is 4.53. The minimum atomic E-state index is -3.75. The molecule has 1 amide bonds. The largest absolute Gasteiger partial charge is 0.354 e. The zero-order chi connectivity index (χ0) is 15.3. The zero-order valence-corrected chi connectivity index (χ0v) is 14.0. The maximum Gasteiger partial charge on any atom is 0.260 e. The molecule has 0 aliphatic rings. The van der Waals surface area contributed by atoms with E-state index in [9.17, 15) is 13.2 Å². The molecule has 10 heteroatoms. The second-order valence-corrected chi connectivity index (χ2v) is 6.77. The number of sulfonamides is 1. The fourth-order valence-corrected chi connectivity index (χ4v) is 3.55. The zero-order valence-electron chi connectivity index (χ0n) is 11.6. The smallest absolute Gasteiger partial charge is 0.260 e. The SMILES string of the molecule is CCC(C)NC(=O)CCNS(=O)(=O)c1c(Br)nnn1C. The van der Waals surface area contributed by atoms with E-state index in [1.54, 1.807) is 0 Å². The van der Waals surface area contributed by atoms with Crippen LogP contribution >= 0.6 is 15.9 Å². The molecule has 0 saturated carbocycles. The lowest BCUT2D eigenvalue weighted by Crippen LogP contribution is -2.35. The van der Waals surface area contributed by atoms with Crippen LogP contribution in [0.1, 0.15) is 26.7 Å². The number of hydrogen-bond acceptors (Lipinski definition) is 5. The Balaban J connectivity index is 2.55. The highest BCUT2D eigenvalue weighted by Gasteiger charge is 2.23. The van der Waals surface area contributed by atoms with E-state index in [-0.39, 0.29) is 34.5 Å². The molecule has 1 unspecified atom stereocenters.